The first-order chi connectivity index (χ1) is 13.7. The number of likely N-dealkylation sites (N-methyl/N-ethyl adjacent to an activating group) is 1. The predicted octanol–water partition coefficient (Wildman–Crippen LogP) is 3.42. The van der Waals surface area contributed by atoms with Crippen molar-refractivity contribution in [3.8, 4) is 0 Å². The molecule has 1 aromatic heterocycles. The van der Waals surface area contributed by atoms with Gasteiger partial charge in [0.15, 0.2) is 5.82 Å². The van der Waals surface area contributed by atoms with Crippen molar-refractivity contribution in [3.63, 3.8) is 0 Å². The van der Waals surface area contributed by atoms with E-state index in [2.05, 4.69) is 66.9 Å². The zero-order valence-electron chi connectivity index (χ0n) is 16.3. The summed E-state index contributed by atoms with van der Waals surface area (Å²) in [4.78, 5) is 9.29. The van der Waals surface area contributed by atoms with E-state index in [1.54, 1.807) is 6.20 Å². The number of aromatic nitrogens is 3. The van der Waals surface area contributed by atoms with E-state index in [1.807, 2.05) is 31.2 Å². The molecule has 2 heterocycles. The second-order valence-electron chi connectivity index (χ2n) is 7.07. The van der Waals surface area contributed by atoms with Gasteiger partial charge in [-0.2, -0.15) is 10.1 Å². The third-order valence-electron chi connectivity index (χ3n) is 4.96. The van der Waals surface area contributed by atoms with Crippen LogP contribution in [-0.4, -0.2) is 53.3 Å². The third-order valence-corrected chi connectivity index (χ3v) is 4.96. The molecule has 2 aromatic carbocycles. The van der Waals surface area contributed by atoms with Crippen LogP contribution in [0.3, 0.4) is 0 Å². The Bertz CT molecular complexity index is 918. The van der Waals surface area contributed by atoms with Gasteiger partial charge in [0.2, 0.25) is 5.95 Å². The van der Waals surface area contributed by atoms with Gasteiger partial charge in [0.1, 0.15) is 0 Å². The van der Waals surface area contributed by atoms with Crippen molar-refractivity contribution in [2.45, 2.75) is 6.92 Å². The lowest BCUT2D eigenvalue weighted by molar-refractivity contribution is 0.313. The summed E-state index contributed by atoms with van der Waals surface area (Å²) in [5, 5.41) is 14.7. The lowest BCUT2D eigenvalue weighted by atomic mass is 10.2. The number of benzene rings is 2. The molecule has 0 spiro atoms. The molecule has 0 atom stereocenters. The van der Waals surface area contributed by atoms with Crippen molar-refractivity contribution in [2.24, 2.45) is 0 Å². The van der Waals surface area contributed by atoms with E-state index < -0.39 is 0 Å². The van der Waals surface area contributed by atoms with E-state index >= 15 is 0 Å². The van der Waals surface area contributed by atoms with Gasteiger partial charge in [-0.15, -0.1) is 5.10 Å². The van der Waals surface area contributed by atoms with Crippen LogP contribution in [0.5, 0.6) is 0 Å². The first kappa shape index (κ1) is 18.2. The predicted molar refractivity (Wildman–Crippen MR) is 114 cm³/mol. The van der Waals surface area contributed by atoms with Crippen molar-refractivity contribution < 1.29 is 0 Å². The Morgan fingerprint density at radius 3 is 2.39 bits per heavy atom. The molecule has 0 aliphatic carbocycles. The lowest BCUT2D eigenvalue weighted by Gasteiger charge is -2.34. The van der Waals surface area contributed by atoms with Crippen molar-refractivity contribution in [1.29, 1.82) is 0 Å². The summed E-state index contributed by atoms with van der Waals surface area (Å²) in [7, 11) is 2.17. The Balaban J connectivity index is 1.42. The fourth-order valence-corrected chi connectivity index (χ4v) is 3.22. The summed E-state index contributed by atoms with van der Waals surface area (Å²) in [6.45, 7) is 6.37. The maximum absolute atomic E-state index is 4.51. The normalized spacial score (nSPS) is 14.7. The number of nitrogens with zero attached hydrogens (tertiary/aromatic N) is 5. The number of para-hydroxylation sites is 1. The van der Waals surface area contributed by atoms with Crippen LogP contribution < -0.4 is 15.5 Å². The number of piperazine rings is 1. The molecule has 3 aromatic rings. The molecular formula is C21H25N7. The Labute approximate surface area is 165 Å². The molecule has 2 N–H and O–H groups in total. The minimum absolute atomic E-state index is 0.466. The summed E-state index contributed by atoms with van der Waals surface area (Å²) in [6.07, 6.45) is 1.62. The van der Waals surface area contributed by atoms with Gasteiger partial charge in [-0.1, -0.05) is 18.2 Å². The third kappa shape index (κ3) is 4.37. The summed E-state index contributed by atoms with van der Waals surface area (Å²) in [5.74, 6) is 1.12. The van der Waals surface area contributed by atoms with Crippen molar-refractivity contribution in [3.05, 3.63) is 60.3 Å². The Kier molecular flexibility index (Phi) is 5.34. The molecule has 0 unspecified atom stereocenters. The molecule has 7 nitrogen and oxygen atoms in total. The molecule has 0 amide bonds. The highest BCUT2D eigenvalue weighted by molar-refractivity contribution is 5.62. The van der Waals surface area contributed by atoms with Gasteiger partial charge in [0, 0.05) is 43.2 Å². The SMILES string of the molecule is Cc1ccccc1Nc1nncc(Nc2ccc(N3CCN(C)CC3)cc2)n1. The van der Waals surface area contributed by atoms with Crippen LogP contribution in [0.15, 0.2) is 54.7 Å². The Morgan fingerprint density at radius 2 is 1.64 bits per heavy atom. The van der Waals surface area contributed by atoms with Crippen molar-refractivity contribution >= 4 is 28.8 Å². The number of hydrogen-bond acceptors (Lipinski definition) is 7. The van der Waals surface area contributed by atoms with Gasteiger partial charge < -0.3 is 20.4 Å². The zero-order valence-corrected chi connectivity index (χ0v) is 16.3. The van der Waals surface area contributed by atoms with E-state index in [0.717, 1.165) is 43.1 Å². The van der Waals surface area contributed by atoms with Gasteiger partial charge in [-0.25, -0.2) is 0 Å². The molecule has 28 heavy (non-hydrogen) atoms. The van der Waals surface area contributed by atoms with E-state index in [4.69, 9.17) is 0 Å². The second kappa shape index (κ2) is 8.22. The molecule has 0 radical (unpaired) electrons. The molecule has 0 bridgehead atoms. The summed E-state index contributed by atoms with van der Waals surface area (Å²) in [5.41, 5.74) is 4.32. The summed E-state index contributed by atoms with van der Waals surface area (Å²) in [6, 6.07) is 16.5. The van der Waals surface area contributed by atoms with Crippen LogP contribution in [0.25, 0.3) is 0 Å². The highest BCUT2D eigenvalue weighted by atomic mass is 15.3. The van der Waals surface area contributed by atoms with Crippen molar-refractivity contribution in [2.75, 3.05) is 48.8 Å². The van der Waals surface area contributed by atoms with Gasteiger partial charge >= 0.3 is 0 Å². The Morgan fingerprint density at radius 1 is 0.893 bits per heavy atom. The molecule has 144 valence electrons. The van der Waals surface area contributed by atoms with Crippen LogP contribution in [0, 0.1) is 6.92 Å². The number of rotatable bonds is 5. The lowest BCUT2D eigenvalue weighted by Crippen LogP contribution is -2.44. The minimum atomic E-state index is 0.466. The van der Waals surface area contributed by atoms with Crippen molar-refractivity contribution in [1.82, 2.24) is 20.1 Å². The van der Waals surface area contributed by atoms with Crippen LogP contribution in [0.1, 0.15) is 5.56 Å². The quantitative estimate of drug-likeness (QED) is 0.708. The van der Waals surface area contributed by atoms with Gasteiger partial charge in [-0.3, -0.25) is 0 Å². The molecule has 1 aliphatic rings. The molecular weight excluding hydrogens is 350 g/mol. The van der Waals surface area contributed by atoms with Gasteiger partial charge in [0.05, 0.1) is 6.20 Å². The van der Waals surface area contributed by atoms with Crippen LogP contribution >= 0.6 is 0 Å². The average molecular weight is 375 g/mol. The first-order valence-corrected chi connectivity index (χ1v) is 9.50. The summed E-state index contributed by atoms with van der Waals surface area (Å²) >= 11 is 0. The number of nitrogens with one attached hydrogen (secondary N) is 2. The fourth-order valence-electron chi connectivity index (χ4n) is 3.22. The highest BCUT2D eigenvalue weighted by Gasteiger charge is 2.14. The summed E-state index contributed by atoms with van der Waals surface area (Å²) < 4.78 is 0. The maximum Gasteiger partial charge on any atom is 0.249 e. The van der Waals surface area contributed by atoms with E-state index in [1.165, 1.54) is 5.69 Å². The zero-order chi connectivity index (χ0) is 19.3. The first-order valence-electron chi connectivity index (χ1n) is 9.50. The minimum Gasteiger partial charge on any atom is -0.369 e. The molecule has 1 fully saturated rings. The Hall–Kier alpha value is -3.19. The number of hydrogen-bond donors (Lipinski definition) is 2. The average Bonchev–Trinajstić information content (AvgIpc) is 2.71. The molecule has 1 saturated heterocycles. The van der Waals surface area contributed by atoms with Crippen LogP contribution in [0.2, 0.25) is 0 Å². The van der Waals surface area contributed by atoms with Crippen LogP contribution in [0.4, 0.5) is 28.8 Å². The van der Waals surface area contributed by atoms with Gasteiger partial charge in [0.25, 0.3) is 0 Å². The second-order valence-corrected chi connectivity index (χ2v) is 7.07. The largest absolute Gasteiger partial charge is 0.369 e. The van der Waals surface area contributed by atoms with E-state index in [9.17, 15) is 0 Å². The topological polar surface area (TPSA) is 69.2 Å². The van der Waals surface area contributed by atoms with Crippen LogP contribution in [-0.2, 0) is 0 Å². The molecule has 1 aliphatic heterocycles. The standard InChI is InChI=1S/C21H25N7/c1-16-5-3-4-6-19(16)24-21-25-20(15-22-26-21)23-17-7-9-18(10-8-17)28-13-11-27(2)12-14-28/h3-10,15H,11-14H2,1-2H3,(H2,23,24,25,26). The highest BCUT2D eigenvalue weighted by Crippen LogP contribution is 2.22. The molecule has 0 saturated carbocycles. The smallest absolute Gasteiger partial charge is 0.249 e. The van der Waals surface area contributed by atoms with E-state index in [0.29, 0.717) is 11.8 Å². The van der Waals surface area contributed by atoms with Gasteiger partial charge in [-0.05, 0) is 49.9 Å². The monoisotopic (exact) mass is 375 g/mol. The number of anilines is 5. The maximum atomic E-state index is 4.51. The molecule has 7 heteroatoms. The molecule has 4 rings (SSSR count). The number of aryl methyl sites for hydroxylation is 1. The van der Waals surface area contributed by atoms with E-state index in [-0.39, 0.29) is 0 Å². The fraction of sp³-hybridized carbons (Fsp3) is 0.286.